The monoisotopic (exact) mass is 435 g/mol. The molecule has 0 saturated carbocycles. The number of halogens is 2. The van der Waals surface area contributed by atoms with Crippen LogP contribution in [0.2, 0.25) is 0 Å². The van der Waals surface area contributed by atoms with Gasteiger partial charge in [-0.25, -0.2) is 28.2 Å². The average molecular weight is 435 g/mol. The fourth-order valence-electron chi connectivity index (χ4n) is 3.30. The molecule has 1 aliphatic rings. The van der Waals surface area contributed by atoms with E-state index in [4.69, 9.17) is 4.74 Å². The third kappa shape index (κ3) is 3.92. The molecule has 12 heteroatoms. The minimum Gasteiger partial charge on any atom is -0.368 e. The molecule has 9 nitrogen and oxygen atoms in total. The summed E-state index contributed by atoms with van der Waals surface area (Å²) in [6.45, 7) is 1.44. The topological polar surface area (TPSA) is 97.9 Å². The molecule has 0 radical (unpaired) electrons. The Hall–Kier alpha value is -2.86. The summed E-state index contributed by atoms with van der Waals surface area (Å²) in [7, 11) is 0.352. The van der Waals surface area contributed by atoms with Crippen molar-refractivity contribution in [1.82, 2.24) is 24.6 Å². The number of aliphatic imine (C=N–C) groups is 1. The maximum Gasteiger partial charge on any atom is 0.282 e. The summed E-state index contributed by atoms with van der Waals surface area (Å²) in [6, 6.07) is 4.48. The summed E-state index contributed by atoms with van der Waals surface area (Å²) in [5.41, 5.74) is 1.07. The lowest BCUT2D eigenvalue weighted by Gasteiger charge is -2.33. The average Bonchev–Trinajstić information content (AvgIpc) is 3.17. The van der Waals surface area contributed by atoms with E-state index in [1.165, 1.54) is 29.2 Å². The molecule has 1 aliphatic heterocycles. The number of ether oxygens (including phenoxy) is 1. The Kier molecular flexibility index (Phi) is 5.77. The number of hydrogen-bond donors (Lipinski definition) is 0. The lowest BCUT2D eigenvalue weighted by atomic mass is 10.2. The molecule has 1 fully saturated rings. The third-order valence-electron chi connectivity index (χ3n) is 4.70. The molecule has 30 heavy (non-hydrogen) atoms. The third-order valence-corrected chi connectivity index (χ3v) is 5.74. The largest absolute Gasteiger partial charge is 0.368 e. The first-order valence-corrected chi connectivity index (χ1v) is 10.7. The van der Waals surface area contributed by atoms with Gasteiger partial charge in [0.1, 0.15) is 34.7 Å². The first-order chi connectivity index (χ1) is 14.5. The molecular weight excluding hydrogens is 416 g/mol. The van der Waals surface area contributed by atoms with Crippen molar-refractivity contribution in [2.24, 2.45) is 4.99 Å². The van der Waals surface area contributed by atoms with Crippen LogP contribution in [0.5, 0.6) is 0 Å². The van der Waals surface area contributed by atoms with Crippen molar-refractivity contribution in [2.45, 2.75) is 12.5 Å². The van der Waals surface area contributed by atoms with Gasteiger partial charge in [0.15, 0.2) is 5.65 Å². The predicted octanol–water partition coefficient (Wildman–Crippen LogP) is 1.74. The Bertz CT molecular complexity index is 1120. The zero-order valence-electron chi connectivity index (χ0n) is 16.3. The van der Waals surface area contributed by atoms with E-state index in [0.717, 1.165) is 0 Å². The molecule has 1 saturated heterocycles. The number of aromatic nitrogens is 5. The van der Waals surface area contributed by atoms with Gasteiger partial charge in [0.05, 0.1) is 35.8 Å². The van der Waals surface area contributed by atoms with Gasteiger partial charge in [0, 0.05) is 25.9 Å². The molecule has 1 unspecified atom stereocenters. The van der Waals surface area contributed by atoms with E-state index in [1.807, 2.05) is 4.90 Å². The molecule has 3 aromatic rings. The highest BCUT2D eigenvalue weighted by molar-refractivity contribution is 8.00. The normalized spacial score (nSPS) is 18.9. The number of morpholine rings is 1. The van der Waals surface area contributed by atoms with Crippen molar-refractivity contribution in [3.8, 4) is 11.4 Å². The van der Waals surface area contributed by atoms with Crippen LogP contribution in [0.25, 0.3) is 17.0 Å². The molecule has 0 amide bonds. The van der Waals surface area contributed by atoms with E-state index in [9.17, 15) is 13.0 Å². The minimum atomic E-state index is -2.69. The van der Waals surface area contributed by atoms with Gasteiger partial charge in [-0.2, -0.15) is 5.10 Å². The van der Waals surface area contributed by atoms with Crippen LogP contribution in [0.3, 0.4) is 0 Å². The smallest absolute Gasteiger partial charge is 0.282 e. The summed E-state index contributed by atoms with van der Waals surface area (Å²) in [6.07, 6.45) is 1.42. The standard InChI is InChI=1S/C18H19F2N7O2S/c1-21-18(30(2)28)14-9-26(5-6-29-14)16-7-12(23-10-24-16)13-8-22-15-4-3-11(17(19)20)25-27(13)15/h3-4,7-8,10,14,17H,5-6,9H2,1-2H3/t14-,30?/m0/s1. The van der Waals surface area contributed by atoms with Crippen LogP contribution in [0, 0.1) is 0 Å². The molecule has 2 atom stereocenters. The molecule has 0 aromatic carbocycles. The number of fused-ring (bicyclic) bond motifs is 1. The lowest BCUT2D eigenvalue weighted by Crippen LogP contribution is -2.47. The first kappa shape index (κ1) is 20.4. The maximum atomic E-state index is 13.1. The fourth-order valence-corrected chi connectivity index (χ4v) is 4.07. The molecule has 0 aliphatic carbocycles. The zero-order chi connectivity index (χ0) is 21.3. The Morgan fingerprint density at radius 1 is 1.33 bits per heavy atom. The highest BCUT2D eigenvalue weighted by Gasteiger charge is 2.28. The number of anilines is 1. The van der Waals surface area contributed by atoms with Gasteiger partial charge < -0.3 is 9.64 Å². The van der Waals surface area contributed by atoms with Gasteiger partial charge in [-0.3, -0.25) is 9.20 Å². The van der Waals surface area contributed by atoms with Crippen molar-refractivity contribution in [3.63, 3.8) is 0 Å². The van der Waals surface area contributed by atoms with E-state index in [0.29, 0.717) is 47.6 Å². The van der Waals surface area contributed by atoms with E-state index in [2.05, 4.69) is 25.0 Å². The highest BCUT2D eigenvalue weighted by atomic mass is 32.2. The number of nitrogens with zero attached hydrogens (tertiary/aromatic N) is 7. The number of imidazole rings is 1. The minimum absolute atomic E-state index is 0.342. The van der Waals surface area contributed by atoms with Crippen molar-refractivity contribution < 1.29 is 17.7 Å². The number of rotatable bonds is 4. The molecule has 0 N–H and O–H groups in total. The van der Waals surface area contributed by atoms with Crippen molar-refractivity contribution in [3.05, 3.63) is 36.4 Å². The maximum absolute atomic E-state index is 13.1. The summed E-state index contributed by atoms with van der Waals surface area (Å²) in [5, 5.41) is 4.47. The fraction of sp³-hybridized carbons (Fsp3) is 0.389. The summed E-state index contributed by atoms with van der Waals surface area (Å²) in [4.78, 5) is 18.9. The predicted molar refractivity (Wildman–Crippen MR) is 108 cm³/mol. The Morgan fingerprint density at radius 2 is 2.17 bits per heavy atom. The Morgan fingerprint density at radius 3 is 2.90 bits per heavy atom. The quantitative estimate of drug-likeness (QED) is 0.455. The van der Waals surface area contributed by atoms with Crippen LogP contribution in [-0.2, 0) is 15.5 Å². The molecule has 0 spiro atoms. The van der Waals surface area contributed by atoms with Gasteiger partial charge >= 0.3 is 0 Å². The summed E-state index contributed by atoms with van der Waals surface area (Å²) in [5.74, 6) is 0.630. The molecule has 4 rings (SSSR count). The molecule has 158 valence electrons. The SMILES string of the molecule is CN=C([C@@H]1CN(c2cc(-c3cnc4ccc(C(F)F)nn34)ncn2)CCO1)S(C)=O. The number of alkyl halides is 2. The second kappa shape index (κ2) is 8.48. The van der Waals surface area contributed by atoms with E-state index in [-0.39, 0.29) is 5.69 Å². The Balaban J connectivity index is 1.66. The van der Waals surface area contributed by atoms with Gasteiger partial charge in [-0.05, 0) is 12.1 Å². The van der Waals surface area contributed by atoms with E-state index in [1.54, 1.807) is 19.4 Å². The van der Waals surface area contributed by atoms with Crippen LogP contribution in [-0.4, -0.2) is 72.9 Å². The number of hydrogen-bond acceptors (Lipinski definition) is 8. The van der Waals surface area contributed by atoms with E-state index < -0.39 is 23.3 Å². The van der Waals surface area contributed by atoms with Gasteiger partial charge in [0.25, 0.3) is 6.43 Å². The second-order valence-corrected chi connectivity index (χ2v) is 7.88. The van der Waals surface area contributed by atoms with Gasteiger partial charge in [0.2, 0.25) is 0 Å². The van der Waals surface area contributed by atoms with Gasteiger partial charge in [-0.1, -0.05) is 0 Å². The van der Waals surface area contributed by atoms with Crippen LogP contribution in [0.15, 0.2) is 35.7 Å². The summed E-state index contributed by atoms with van der Waals surface area (Å²) < 4.78 is 45.1. The lowest BCUT2D eigenvalue weighted by molar-refractivity contribution is 0.0853. The molecule has 0 bridgehead atoms. The van der Waals surface area contributed by atoms with Crippen LogP contribution in [0.4, 0.5) is 14.6 Å². The van der Waals surface area contributed by atoms with Crippen molar-refractivity contribution in [1.29, 1.82) is 0 Å². The van der Waals surface area contributed by atoms with Gasteiger partial charge in [-0.15, -0.1) is 0 Å². The summed E-state index contributed by atoms with van der Waals surface area (Å²) >= 11 is 0. The molecular formula is C18H19F2N7O2S. The molecule has 3 aromatic heterocycles. The highest BCUT2D eigenvalue weighted by Crippen LogP contribution is 2.24. The zero-order valence-corrected chi connectivity index (χ0v) is 17.1. The Labute approximate surface area is 173 Å². The van der Waals surface area contributed by atoms with Crippen molar-refractivity contribution in [2.75, 3.05) is 37.9 Å². The second-order valence-electron chi connectivity index (χ2n) is 6.56. The molecule has 4 heterocycles. The first-order valence-electron chi connectivity index (χ1n) is 9.10. The van der Waals surface area contributed by atoms with Crippen LogP contribution < -0.4 is 4.90 Å². The van der Waals surface area contributed by atoms with Crippen LogP contribution >= 0.6 is 0 Å². The van der Waals surface area contributed by atoms with E-state index >= 15 is 0 Å². The van der Waals surface area contributed by atoms with Crippen molar-refractivity contribution >= 4 is 27.3 Å². The van der Waals surface area contributed by atoms with Crippen LogP contribution in [0.1, 0.15) is 12.1 Å².